The number of rotatable bonds is 5. The minimum Gasteiger partial charge on any atom is -0.481 e. The number of benzene rings is 2. The van der Waals surface area contributed by atoms with Gasteiger partial charge in [-0.25, -0.2) is 0 Å². The molecule has 1 amide bonds. The fourth-order valence-electron chi connectivity index (χ4n) is 1.99. The number of hydrogen-bond donors (Lipinski definition) is 1. The lowest BCUT2D eigenvalue weighted by atomic mass is 10.0. The van der Waals surface area contributed by atoms with Crippen molar-refractivity contribution in [1.82, 2.24) is 0 Å². The van der Waals surface area contributed by atoms with Gasteiger partial charge in [-0.3, -0.25) is 4.79 Å². The standard InChI is InChI=1S/C18H20ClNO2/c1-12(2)14-7-9-16(10-8-14)20-18(21)13(3)22-17-6-4-5-15(19)11-17/h4-13H,1-3H3,(H,20,21). The van der Waals surface area contributed by atoms with Crippen LogP contribution in [0.5, 0.6) is 5.75 Å². The van der Waals surface area contributed by atoms with Crippen molar-refractivity contribution in [3.63, 3.8) is 0 Å². The van der Waals surface area contributed by atoms with Crippen molar-refractivity contribution < 1.29 is 9.53 Å². The van der Waals surface area contributed by atoms with E-state index in [-0.39, 0.29) is 5.91 Å². The molecule has 0 aliphatic carbocycles. The third kappa shape index (κ3) is 4.50. The molecule has 2 aromatic carbocycles. The van der Waals surface area contributed by atoms with Gasteiger partial charge in [0.15, 0.2) is 6.10 Å². The number of halogens is 1. The number of anilines is 1. The number of amides is 1. The molecule has 0 fully saturated rings. The van der Waals surface area contributed by atoms with Gasteiger partial charge >= 0.3 is 0 Å². The van der Waals surface area contributed by atoms with Gasteiger partial charge in [-0.05, 0) is 48.7 Å². The summed E-state index contributed by atoms with van der Waals surface area (Å²) in [7, 11) is 0. The molecular weight excluding hydrogens is 298 g/mol. The molecule has 1 atom stereocenters. The summed E-state index contributed by atoms with van der Waals surface area (Å²) in [6.07, 6.45) is -0.608. The van der Waals surface area contributed by atoms with Gasteiger partial charge in [-0.1, -0.05) is 43.6 Å². The number of ether oxygens (including phenoxy) is 1. The summed E-state index contributed by atoms with van der Waals surface area (Å²) in [6.45, 7) is 5.97. The summed E-state index contributed by atoms with van der Waals surface area (Å²) in [5.41, 5.74) is 2.00. The van der Waals surface area contributed by atoms with E-state index in [1.807, 2.05) is 24.3 Å². The molecule has 0 saturated carbocycles. The van der Waals surface area contributed by atoms with E-state index in [1.54, 1.807) is 31.2 Å². The third-order valence-electron chi connectivity index (χ3n) is 3.32. The first-order valence-electron chi connectivity index (χ1n) is 7.29. The number of hydrogen-bond acceptors (Lipinski definition) is 2. The second-order valence-electron chi connectivity index (χ2n) is 5.48. The SMILES string of the molecule is CC(Oc1cccc(Cl)c1)C(=O)Nc1ccc(C(C)C)cc1. The summed E-state index contributed by atoms with van der Waals surface area (Å²) in [4.78, 5) is 12.2. The predicted octanol–water partition coefficient (Wildman–Crippen LogP) is 4.87. The second-order valence-corrected chi connectivity index (χ2v) is 5.92. The average Bonchev–Trinajstić information content (AvgIpc) is 2.47. The van der Waals surface area contributed by atoms with E-state index in [0.29, 0.717) is 16.7 Å². The first-order valence-corrected chi connectivity index (χ1v) is 7.66. The van der Waals surface area contributed by atoms with Crippen LogP contribution in [0.3, 0.4) is 0 Å². The van der Waals surface area contributed by atoms with Crippen LogP contribution in [0.4, 0.5) is 5.69 Å². The van der Waals surface area contributed by atoms with Gasteiger partial charge in [0.2, 0.25) is 0 Å². The summed E-state index contributed by atoms with van der Waals surface area (Å²) >= 11 is 5.90. The van der Waals surface area contributed by atoms with Crippen LogP contribution in [0.15, 0.2) is 48.5 Å². The fraction of sp³-hybridized carbons (Fsp3) is 0.278. The van der Waals surface area contributed by atoms with E-state index in [4.69, 9.17) is 16.3 Å². The van der Waals surface area contributed by atoms with Crippen LogP contribution in [0.2, 0.25) is 5.02 Å². The Morgan fingerprint density at radius 1 is 1.09 bits per heavy atom. The Morgan fingerprint density at radius 2 is 1.77 bits per heavy atom. The van der Waals surface area contributed by atoms with Gasteiger partial charge in [0.05, 0.1) is 0 Å². The Hall–Kier alpha value is -2.00. The molecule has 0 aliphatic heterocycles. The Morgan fingerprint density at radius 3 is 2.36 bits per heavy atom. The van der Waals surface area contributed by atoms with E-state index in [9.17, 15) is 4.79 Å². The molecule has 0 heterocycles. The van der Waals surface area contributed by atoms with Crippen molar-refractivity contribution in [3.8, 4) is 5.75 Å². The highest BCUT2D eigenvalue weighted by molar-refractivity contribution is 6.30. The third-order valence-corrected chi connectivity index (χ3v) is 3.56. The molecule has 0 aromatic heterocycles. The topological polar surface area (TPSA) is 38.3 Å². The van der Waals surface area contributed by atoms with Crippen LogP contribution >= 0.6 is 11.6 Å². The van der Waals surface area contributed by atoms with Crippen LogP contribution in [-0.2, 0) is 4.79 Å². The highest BCUT2D eigenvalue weighted by atomic mass is 35.5. The lowest BCUT2D eigenvalue weighted by Gasteiger charge is -2.15. The number of carbonyl (C=O) groups is 1. The van der Waals surface area contributed by atoms with E-state index in [1.165, 1.54) is 5.56 Å². The number of carbonyl (C=O) groups excluding carboxylic acids is 1. The molecular formula is C18H20ClNO2. The molecule has 2 rings (SSSR count). The van der Waals surface area contributed by atoms with Gasteiger partial charge in [-0.2, -0.15) is 0 Å². The highest BCUT2D eigenvalue weighted by Crippen LogP contribution is 2.20. The smallest absolute Gasteiger partial charge is 0.265 e. The van der Waals surface area contributed by atoms with Crippen LogP contribution in [0.1, 0.15) is 32.3 Å². The maximum Gasteiger partial charge on any atom is 0.265 e. The first kappa shape index (κ1) is 16.4. The molecule has 4 heteroatoms. The molecule has 116 valence electrons. The van der Waals surface area contributed by atoms with Crippen LogP contribution < -0.4 is 10.1 Å². The van der Waals surface area contributed by atoms with Gasteiger partial charge in [0.1, 0.15) is 5.75 Å². The minimum atomic E-state index is -0.608. The van der Waals surface area contributed by atoms with E-state index < -0.39 is 6.10 Å². The molecule has 22 heavy (non-hydrogen) atoms. The Bertz CT molecular complexity index is 638. The Labute approximate surface area is 136 Å². The molecule has 3 nitrogen and oxygen atoms in total. The van der Waals surface area contributed by atoms with Crippen molar-refractivity contribution in [2.45, 2.75) is 32.8 Å². The van der Waals surface area contributed by atoms with Crippen molar-refractivity contribution in [2.75, 3.05) is 5.32 Å². The normalized spacial score (nSPS) is 12.0. The largest absolute Gasteiger partial charge is 0.481 e. The Kier molecular flexibility index (Phi) is 5.45. The first-order chi connectivity index (χ1) is 10.5. The number of nitrogens with one attached hydrogen (secondary N) is 1. The van der Waals surface area contributed by atoms with Gasteiger partial charge in [0.25, 0.3) is 5.91 Å². The monoisotopic (exact) mass is 317 g/mol. The molecule has 0 saturated heterocycles. The molecule has 0 aliphatic rings. The quantitative estimate of drug-likeness (QED) is 0.854. The molecule has 1 N–H and O–H groups in total. The summed E-state index contributed by atoms with van der Waals surface area (Å²) in [5.74, 6) is 0.845. The molecule has 0 bridgehead atoms. The summed E-state index contributed by atoms with van der Waals surface area (Å²) < 4.78 is 5.59. The summed E-state index contributed by atoms with van der Waals surface area (Å²) in [5, 5.41) is 3.42. The molecule has 1 unspecified atom stereocenters. The zero-order valence-electron chi connectivity index (χ0n) is 13.0. The van der Waals surface area contributed by atoms with Crippen molar-refractivity contribution >= 4 is 23.2 Å². The van der Waals surface area contributed by atoms with Crippen molar-refractivity contribution in [2.24, 2.45) is 0 Å². The molecule has 0 radical (unpaired) electrons. The lowest BCUT2D eigenvalue weighted by molar-refractivity contribution is -0.122. The van der Waals surface area contributed by atoms with E-state index in [2.05, 4.69) is 19.2 Å². The molecule has 0 spiro atoms. The van der Waals surface area contributed by atoms with Crippen molar-refractivity contribution in [1.29, 1.82) is 0 Å². The molecule has 2 aromatic rings. The van der Waals surface area contributed by atoms with E-state index in [0.717, 1.165) is 5.69 Å². The fourth-order valence-corrected chi connectivity index (χ4v) is 2.17. The maximum absolute atomic E-state index is 12.2. The van der Waals surface area contributed by atoms with Crippen LogP contribution in [-0.4, -0.2) is 12.0 Å². The van der Waals surface area contributed by atoms with Gasteiger partial charge in [-0.15, -0.1) is 0 Å². The van der Waals surface area contributed by atoms with Crippen LogP contribution in [0, 0.1) is 0 Å². The van der Waals surface area contributed by atoms with Gasteiger partial charge < -0.3 is 10.1 Å². The van der Waals surface area contributed by atoms with E-state index >= 15 is 0 Å². The predicted molar refractivity (Wildman–Crippen MR) is 90.7 cm³/mol. The average molecular weight is 318 g/mol. The highest BCUT2D eigenvalue weighted by Gasteiger charge is 2.15. The zero-order chi connectivity index (χ0) is 16.1. The Balaban J connectivity index is 1.96. The van der Waals surface area contributed by atoms with Crippen molar-refractivity contribution in [3.05, 3.63) is 59.1 Å². The maximum atomic E-state index is 12.2. The van der Waals surface area contributed by atoms with Gasteiger partial charge in [0, 0.05) is 10.7 Å². The second kappa shape index (κ2) is 7.32. The summed E-state index contributed by atoms with van der Waals surface area (Å²) in [6, 6.07) is 14.8. The van der Waals surface area contributed by atoms with Crippen LogP contribution in [0.25, 0.3) is 0 Å². The lowest BCUT2D eigenvalue weighted by Crippen LogP contribution is -2.30. The minimum absolute atomic E-state index is 0.197. The zero-order valence-corrected chi connectivity index (χ0v) is 13.7.